The van der Waals surface area contributed by atoms with Gasteiger partial charge < -0.3 is 10.6 Å². The van der Waals surface area contributed by atoms with Gasteiger partial charge in [0.2, 0.25) is 5.28 Å². The van der Waals surface area contributed by atoms with E-state index in [2.05, 4.69) is 20.6 Å². The summed E-state index contributed by atoms with van der Waals surface area (Å²) < 4.78 is 0. The largest absolute Gasteiger partial charge is 0.367 e. The van der Waals surface area contributed by atoms with Crippen molar-refractivity contribution in [3.8, 4) is 0 Å². The third kappa shape index (κ3) is 3.74. The molecule has 2 aromatic rings. The van der Waals surface area contributed by atoms with Crippen LogP contribution in [0, 0.1) is 13.8 Å². The molecule has 0 unspecified atom stereocenters. The van der Waals surface area contributed by atoms with E-state index in [9.17, 15) is 4.79 Å². The maximum Gasteiger partial charge on any atom is 0.261 e. The number of carbonyl (C=O) groups excluding carboxylic acids is 1. The van der Waals surface area contributed by atoms with Gasteiger partial charge in [-0.2, -0.15) is 4.98 Å². The highest BCUT2D eigenvalue weighted by molar-refractivity contribution is 6.28. The molecule has 0 aliphatic heterocycles. The van der Waals surface area contributed by atoms with Crippen LogP contribution in [0.2, 0.25) is 5.28 Å². The molecule has 22 heavy (non-hydrogen) atoms. The van der Waals surface area contributed by atoms with E-state index >= 15 is 0 Å². The smallest absolute Gasteiger partial charge is 0.261 e. The van der Waals surface area contributed by atoms with E-state index < -0.39 is 0 Å². The molecular weight excluding hydrogens is 300 g/mol. The van der Waals surface area contributed by atoms with Gasteiger partial charge in [-0.05, 0) is 50.4 Å². The molecule has 2 N–H and O–H groups in total. The zero-order valence-corrected chi connectivity index (χ0v) is 13.8. The number of hydrogen-bond acceptors (Lipinski definition) is 4. The SMILES string of the molecule is Cc1cccc(C)c1NC(=O)c1cnc(Cl)nc1NC(C)C. The van der Waals surface area contributed by atoms with Gasteiger partial charge in [-0.3, -0.25) is 4.79 Å². The molecule has 116 valence electrons. The number of para-hydroxylation sites is 1. The lowest BCUT2D eigenvalue weighted by atomic mass is 10.1. The van der Waals surface area contributed by atoms with Gasteiger partial charge in [0.05, 0.1) is 0 Å². The lowest BCUT2D eigenvalue weighted by Gasteiger charge is -2.15. The third-order valence-electron chi connectivity index (χ3n) is 3.15. The summed E-state index contributed by atoms with van der Waals surface area (Å²) in [7, 11) is 0. The molecule has 1 amide bonds. The number of hydrogen-bond donors (Lipinski definition) is 2. The van der Waals surface area contributed by atoms with E-state index in [-0.39, 0.29) is 17.2 Å². The van der Waals surface area contributed by atoms with Crippen molar-refractivity contribution in [1.29, 1.82) is 0 Å². The Morgan fingerprint density at radius 3 is 2.45 bits per heavy atom. The Balaban J connectivity index is 2.33. The lowest BCUT2D eigenvalue weighted by Crippen LogP contribution is -2.20. The Hall–Kier alpha value is -2.14. The maximum absolute atomic E-state index is 12.6. The predicted molar refractivity (Wildman–Crippen MR) is 89.7 cm³/mol. The van der Waals surface area contributed by atoms with Crippen LogP contribution in [-0.2, 0) is 0 Å². The average molecular weight is 319 g/mol. The summed E-state index contributed by atoms with van der Waals surface area (Å²) in [6, 6.07) is 5.98. The molecular formula is C16H19ClN4O. The van der Waals surface area contributed by atoms with Crippen molar-refractivity contribution in [1.82, 2.24) is 9.97 Å². The van der Waals surface area contributed by atoms with Gasteiger partial charge in [-0.15, -0.1) is 0 Å². The number of halogens is 1. The minimum Gasteiger partial charge on any atom is -0.367 e. The van der Waals surface area contributed by atoms with Crippen molar-refractivity contribution in [2.24, 2.45) is 0 Å². The number of rotatable bonds is 4. The fourth-order valence-corrected chi connectivity index (χ4v) is 2.24. The Bertz CT molecular complexity index is 680. The fourth-order valence-electron chi connectivity index (χ4n) is 2.10. The summed E-state index contributed by atoms with van der Waals surface area (Å²) in [4.78, 5) is 20.6. The highest BCUT2D eigenvalue weighted by atomic mass is 35.5. The number of carbonyl (C=O) groups is 1. The first-order valence-electron chi connectivity index (χ1n) is 7.05. The van der Waals surface area contributed by atoms with Crippen LogP contribution < -0.4 is 10.6 Å². The molecule has 0 aliphatic rings. The molecule has 0 aliphatic carbocycles. The first-order chi connectivity index (χ1) is 10.4. The van der Waals surface area contributed by atoms with Crippen molar-refractivity contribution in [3.05, 3.63) is 46.4 Å². The number of nitrogens with zero attached hydrogens (tertiary/aromatic N) is 2. The Kier molecular flexibility index (Phi) is 4.98. The van der Waals surface area contributed by atoms with Crippen LogP contribution in [-0.4, -0.2) is 21.9 Å². The number of anilines is 2. The molecule has 2 rings (SSSR count). The summed E-state index contributed by atoms with van der Waals surface area (Å²) in [5, 5.41) is 6.14. The van der Waals surface area contributed by atoms with Gasteiger partial charge in [0, 0.05) is 17.9 Å². The van der Waals surface area contributed by atoms with Gasteiger partial charge in [0.15, 0.2) is 0 Å². The summed E-state index contributed by atoms with van der Waals surface area (Å²) in [6.07, 6.45) is 1.43. The van der Waals surface area contributed by atoms with Crippen LogP contribution in [0.3, 0.4) is 0 Å². The van der Waals surface area contributed by atoms with Crippen LogP contribution >= 0.6 is 11.6 Å². The van der Waals surface area contributed by atoms with E-state index in [1.807, 2.05) is 45.9 Å². The van der Waals surface area contributed by atoms with E-state index in [1.165, 1.54) is 6.20 Å². The number of amides is 1. The van der Waals surface area contributed by atoms with Gasteiger partial charge in [0.1, 0.15) is 11.4 Å². The molecule has 0 saturated heterocycles. The molecule has 0 fully saturated rings. The molecule has 5 nitrogen and oxygen atoms in total. The molecule has 1 heterocycles. The highest BCUT2D eigenvalue weighted by Crippen LogP contribution is 2.22. The van der Waals surface area contributed by atoms with Gasteiger partial charge in [-0.25, -0.2) is 4.98 Å². The van der Waals surface area contributed by atoms with Crippen LogP contribution in [0.4, 0.5) is 11.5 Å². The monoisotopic (exact) mass is 318 g/mol. The number of aryl methyl sites for hydroxylation is 2. The second kappa shape index (κ2) is 6.75. The van der Waals surface area contributed by atoms with Crippen molar-refractivity contribution >= 4 is 29.0 Å². The van der Waals surface area contributed by atoms with E-state index in [0.29, 0.717) is 11.4 Å². The molecule has 0 bridgehead atoms. The number of benzene rings is 1. The number of aromatic nitrogens is 2. The van der Waals surface area contributed by atoms with E-state index in [1.54, 1.807) is 0 Å². The Labute approximate surface area is 135 Å². The molecule has 1 aromatic carbocycles. The van der Waals surface area contributed by atoms with Crippen LogP contribution in [0.1, 0.15) is 35.3 Å². The van der Waals surface area contributed by atoms with Gasteiger partial charge >= 0.3 is 0 Å². The quantitative estimate of drug-likeness (QED) is 0.841. The van der Waals surface area contributed by atoms with Gasteiger partial charge in [-0.1, -0.05) is 18.2 Å². The second-order valence-corrected chi connectivity index (χ2v) is 5.76. The second-order valence-electron chi connectivity index (χ2n) is 5.42. The van der Waals surface area contributed by atoms with Crippen molar-refractivity contribution < 1.29 is 4.79 Å². The standard InChI is InChI=1S/C16H19ClN4O/c1-9(2)19-14-12(8-18-16(17)21-14)15(22)20-13-10(3)6-5-7-11(13)4/h5-9H,1-4H3,(H,20,22)(H,18,19,21). The first-order valence-corrected chi connectivity index (χ1v) is 7.43. The highest BCUT2D eigenvalue weighted by Gasteiger charge is 2.16. The zero-order chi connectivity index (χ0) is 16.3. The van der Waals surface area contributed by atoms with Crippen LogP contribution in [0.15, 0.2) is 24.4 Å². The molecule has 0 atom stereocenters. The summed E-state index contributed by atoms with van der Waals surface area (Å²) in [5.74, 6) is 0.163. The summed E-state index contributed by atoms with van der Waals surface area (Å²) >= 11 is 5.82. The average Bonchev–Trinajstić information content (AvgIpc) is 2.42. The minimum absolute atomic E-state index is 0.103. The lowest BCUT2D eigenvalue weighted by molar-refractivity contribution is 0.102. The van der Waals surface area contributed by atoms with E-state index in [0.717, 1.165) is 16.8 Å². The normalized spacial score (nSPS) is 10.6. The van der Waals surface area contributed by atoms with Crippen LogP contribution in [0.25, 0.3) is 0 Å². The Morgan fingerprint density at radius 2 is 1.86 bits per heavy atom. The third-order valence-corrected chi connectivity index (χ3v) is 3.33. The summed E-state index contributed by atoms with van der Waals surface area (Å²) in [6.45, 7) is 7.83. The van der Waals surface area contributed by atoms with Crippen LogP contribution in [0.5, 0.6) is 0 Å². The topological polar surface area (TPSA) is 66.9 Å². The number of nitrogens with one attached hydrogen (secondary N) is 2. The zero-order valence-electron chi connectivity index (χ0n) is 13.1. The van der Waals surface area contributed by atoms with Gasteiger partial charge in [0.25, 0.3) is 5.91 Å². The van der Waals surface area contributed by atoms with Crippen molar-refractivity contribution in [3.63, 3.8) is 0 Å². The predicted octanol–water partition coefficient (Wildman–Crippen LogP) is 3.82. The molecule has 0 radical (unpaired) electrons. The summed E-state index contributed by atoms with van der Waals surface area (Å²) in [5.41, 5.74) is 3.17. The minimum atomic E-state index is -0.266. The first kappa shape index (κ1) is 16.2. The molecule has 0 saturated carbocycles. The fraction of sp³-hybridized carbons (Fsp3) is 0.312. The molecule has 6 heteroatoms. The maximum atomic E-state index is 12.6. The van der Waals surface area contributed by atoms with Crippen molar-refractivity contribution in [2.45, 2.75) is 33.7 Å². The molecule has 0 spiro atoms. The Morgan fingerprint density at radius 1 is 1.23 bits per heavy atom. The molecule has 1 aromatic heterocycles. The van der Waals surface area contributed by atoms with Crippen molar-refractivity contribution in [2.75, 3.05) is 10.6 Å². The van der Waals surface area contributed by atoms with E-state index in [4.69, 9.17) is 11.6 Å².